The first-order valence-electron chi connectivity index (χ1n) is 7.18. The summed E-state index contributed by atoms with van der Waals surface area (Å²) < 4.78 is 0. The van der Waals surface area contributed by atoms with Crippen LogP contribution in [0.1, 0.15) is 39.7 Å². The average Bonchev–Trinajstić information content (AvgIpc) is 3.17. The number of thiophene rings is 1. The Morgan fingerprint density at radius 3 is 2.64 bits per heavy atom. The van der Waals surface area contributed by atoms with E-state index in [0.29, 0.717) is 11.4 Å². The second-order valence-corrected chi connectivity index (χ2v) is 6.52. The minimum absolute atomic E-state index is 0.00873. The van der Waals surface area contributed by atoms with Gasteiger partial charge in [0, 0.05) is 12.6 Å². The molecule has 1 amide bonds. The van der Waals surface area contributed by atoms with E-state index in [4.69, 9.17) is 0 Å². The lowest BCUT2D eigenvalue weighted by molar-refractivity contribution is -0.380. The predicted molar refractivity (Wildman–Crippen MR) is 85.2 cm³/mol. The van der Waals surface area contributed by atoms with E-state index in [-0.39, 0.29) is 17.0 Å². The summed E-state index contributed by atoms with van der Waals surface area (Å²) in [5, 5.41) is 10.8. The Balaban J connectivity index is 1.84. The molecular formula is C16H16N2O3S. The van der Waals surface area contributed by atoms with Crippen molar-refractivity contribution in [2.45, 2.75) is 25.8 Å². The van der Waals surface area contributed by atoms with Crippen LogP contribution in [0, 0.1) is 17.0 Å². The van der Waals surface area contributed by atoms with Crippen LogP contribution < -0.4 is 0 Å². The molecule has 3 rings (SSSR count). The number of aryl methyl sites for hydroxylation is 1. The molecule has 2 aromatic rings. The lowest BCUT2D eigenvalue weighted by Crippen LogP contribution is -2.29. The minimum Gasteiger partial charge on any atom is -0.331 e. The van der Waals surface area contributed by atoms with Crippen molar-refractivity contribution < 1.29 is 9.72 Å². The third-order valence-corrected chi connectivity index (χ3v) is 4.98. The molecule has 0 saturated carbocycles. The van der Waals surface area contributed by atoms with Gasteiger partial charge in [-0.3, -0.25) is 14.9 Å². The van der Waals surface area contributed by atoms with Crippen molar-refractivity contribution in [2.24, 2.45) is 0 Å². The van der Waals surface area contributed by atoms with Gasteiger partial charge in [-0.1, -0.05) is 41.2 Å². The first kappa shape index (κ1) is 14.7. The van der Waals surface area contributed by atoms with Gasteiger partial charge in [0.05, 0.1) is 15.8 Å². The number of benzene rings is 1. The molecule has 2 heterocycles. The Kier molecular flexibility index (Phi) is 3.94. The van der Waals surface area contributed by atoms with E-state index in [1.54, 1.807) is 6.07 Å². The first-order valence-corrected chi connectivity index (χ1v) is 7.99. The van der Waals surface area contributed by atoms with Crippen molar-refractivity contribution in [3.8, 4) is 0 Å². The molecule has 0 aliphatic carbocycles. The molecule has 0 bridgehead atoms. The largest absolute Gasteiger partial charge is 0.331 e. The summed E-state index contributed by atoms with van der Waals surface area (Å²) in [6.45, 7) is 2.73. The van der Waals surface area contributed by atoms with Crippen molar-refractivity contribution in [1.82, 2.24) is 4.90 Å². The maximum atomic E-state index is 12.6. The number of nitro groups is 1. The topological polar surface area (TPSA) is 63.5 Å². The Labute approximate surface area is 132 Å². The second kappa shape index (κ2) is 5.88. The molecule has 1 aliphatic heterocycles. The number of carbonyl (C=O) groups excluding carboxylic acids is 1. The van der Waals surface area contributed by atoms with Gasteiger partial charge in [0.15, 0.2) is 0 Å². The Morgan fingerprint density at radius 1 is 1.27 bits per heavy atom. The van der Waals surface area contributed by atoms with Crippen LogP contribution >= 0.6 is 11.3 Å². The third kappa shape index (κ3) is 2.74. The van der Waals surface area contributed by atoms with E-state index in [1.165, 1.54) is 11.6 Å². The zero-order valence-corrected chi connectivity index (χ0v) is 13.0. The van der Waals surface area contributed by atoms with Crippen LogP contribution in [-0.2, 0) is 0 Å². The molecule has 114 valence electrons. The summed E-state index contributed by atoms with van der Waals surface area (Å²) in [5.74, 6) is -0.110. The summed E-state index contributed by atoms with van der Waals surface area (Å²) in [6, 6.07) is 11.2. The molecule has 0 radical (unpaired) electrons. The summed E-state index contributed by atoms with van der Waals surface area (Å²) in [5.41, 5.74) is 2.32. The SMILES string of the molecule is Cc1ccc(C2CCCN2C(=O)c2ccc([N+](=O)[O-])s2)cc1. The van der Waals surface area contributed by atoms with Gasteiger partial charge < -0.3 is 4.90 Å². The maximum Gasteiger partial charge on any atom is 0.324 e. The van der Waals surface area contributed by atoms with Crippen molar-refractivity contribution in [1.29, 1.82) is 0 Å². The van der Waals surface area contributed by atoms with Crippen LogP contribution in [0.3, 0.4) is 0 Å². The number of hydrogen-bond acceptors (Lipinski definition) is 4. The lowest BCUT2D eigenvalue weighted by Gasteiger charge is -2.24. The van der Waals surface area contributed by atoms with Gasteiger partial charge in [0.2, 0.25) is 0 Å². The number of nitrogens with zero attached hydrogens (tertiary/aromatic N) is 2. The fraction of sp³-hybridized carbons (Fsp3) is 0.312. The van der Waals surface area contributed by atoms with Crippen LogP contribution in [0.2, 0.25) is 0 Å². The Hall–Kier alpha value is -2.21. The van der Waals surface area contributed by atoms with Crippen molar-refractivity contribution in [3.05, 3.63) is 62.5 Å². The third-order valence-electron chi connectivity index (χ3n) is 3.96. The highest BCUT2D eigenvalue weighted by atomic mass is 32.1. The minimum atomic E-state index is -0.455. The number of amides is 1. The Bertz CT molecular complexity index is 708. The summed E-state index contributed by atoms with van der Waals surface area (Å²) in [4.78, 5) is 25.2. The molecule has 6 heteroatoms. The molecule has 1 saturated heterocycles. The Morgan fingerprint density at radius 2 is 2.00 bits per heavy atom. The summed E-state index contributed by atoms with van der Waals surface area (Å²) in [7, 11) is 0. The summed E-state index contributed by atoms with van der Waals surface area (Å²) in [6.07, 6.45) is 1.89. The smallest absolute Gasteiger partial charge is 0.324 e. The van der Waals surface area contributed by atoms with E-state index in [2.05, 4.69) is 12.1 Å². The van der Waals surface area contributed by atoms with Crippen molar-refractivity contribution >= 4 is 22.2 Å². The van der Waals surface area contributed by atoms with E-state index in [9.17, 15) is 14.9 Å². The van der Waals surface area contributed by atoms with Crippen LogP contribution in [-0.4, -0.2) is 22.3 Å². The molecule has 5 nitrogen and oxygen atoms in total. The monoisotopic (exact) mass is 316 g/mol. The van der Waals surface area contributed by atoms with Gasteiger partial charge in [0.25, 0.3) is 5.91 Å². The number of rotatable bonds is 3. The molecule has 1 atom stereocenters. The zero-order chi connectivity index (χ0) is 15.7. The van der Waals surface area contributed by atoms with Gasteiger partial charge in [-0.15, -0.1) is 0 Å². The highest BCUT2D eigenvalue weighted by Gasteiger charge is 2.31. The zero-order valence-electron chi connectivity index (χ0n) is 12.2. The molecule has 22 heavy (non-hydrogen) atoms. The molecule has 1 unspecified atom stereocenters. The molecule has 1 aromatic carbocycles. The highest BCUT2D eigenvalue weighted by molar-refractivity contribution is 7.17. The number of carbonyl (C=O) groups is 1. The van der Waals surface area contributed by atoms with Gasteiger partial charge in [-0.2, -0.15) is 0 Å². The van der Waals surface area contributed by atoms with Crippen molar-refractivity contribution in [3.63, 3.8) is 0 Å². The van der Waals surface area contributed by atoms with E-state index < -0.39 is 4.92 Å². The van der Waals surface area contributed by atoms with E-state index in [1.807, 2.05) is 24.0 Å². The van der Waals surface area contributed by atoms with E-state index >= 15 is 0 Å². The molecule has 1 aromatic heterocycles. The molecule has 0 spiro atoms. The number of hydrogen-bond donors (Lipinski definition) is 0. The van der Waals surface area contributed by atoms with Gasteiger partial charge in [0.1, 0.15) is 0 Å². The van der Waals surface area contributed by atoms with Gasteiger partial charge in [-0.05, 0) is 31.4 Å². The van der Waals surface area contributed by atoms with E-state index in [0.717, 1.165) is 29.7 Å². The van der Waals surface area contributed by atoms with Crippen LogP contribution in [0.25, 0.3) is 0 Å². The van der Waals surface area contributed by atoms with Crippen molar-refractivity contribution in [2.75, 3.05) is 6.54 Å². The fourth-order valence-corrected chi connectivity index (χ4v) is 3.60. The normalized spacial score (nSPS) is 17.7. The van der Waals surface area contributed by atoms with Crippen LogP contribution in [0.15, 0.2) is 36.4 Å². The highest BCUT2D eigenvalue weighted by Crippen LogP contribution is 2.35. The maximum absolute atomic E-state index is 12.6. The molecule has 1 aliphatic rings. The molecular weight excluding hydrogens is 300 g/mol. The fourth-order valence-electron chi connectivity index (χ4n) is 2.83. The standard InChI is InChI=1S/C16H16N2O3S/c1-11-4-6-12(7-5-11)13-3-2-10-17(13)16(19)14-8-9-15(22-14)18(20)21/h4-9,13H,2-3,10H2,1H3. The molecule has 1 fully saturated rings. The quantitative estimate of drug-likeness (QED) is 0.636. The first-order chi connectivity index (χ1) is 10.6. The van der Waals surface area contributed by atoms with Gasteiger partial charge in [-0.25, -0.2) is 0 Å². The summed E-state index contributed by atoms with van der Waals surface area (Å²) >= 11 is 0.945. The molecule has 0 N–H and O–H groups in total. The average molecular weight is 316 g/mol. The number of likely N-dealkylation sites (tertiary alicyclic amines) is 1. The predicted octanol–water partition coefficient (Wildman–Crippen LogP) is 3.94. The van der Waals surface area contributed by atoms with Crippen LogP contribution in [0.4, 0.5) is 5.00 Å². The van der Waals surface area contributed by atoms with Gasteiger partial charge >= 0.3 is 5.00 Å². The lowest BCUT2D eigenvalue weighted by atomic mass is 10.0. The van der Waals surface area contributed by atoms with Crippen LogP contribution in [0.5, 0.6) is 0 Å². The second-order valence-electron chi connectivity index (χ2n) is 5.46.